The van der Waals surface area contributed by atoms with E-state index in [1.807, 2.05) is 13.8 Å². The molecular weight excluding hydrogens is 325 g/mol. The third-order valence-corrected chi connectivity index (χ3v) is 3.88. The van der Waals surface area contributed by atoms with E-state index in [1.54, 1.807) is 9.80 Å². The molecule has 0 spiro atoms. The standard InChI is InChI=1S/C15H21F3N4O2/c1-3-21(4-2)14(23)22-9-5-6-11(10-22)24-13-19-8-7-12(20-13)15(16,17)18/h7-8,11H,3-6,9-10H2,1-2H3. The van der Waals surface area contributed by atoms with Gasteiger partial charge in [-0.2, -0.15) is 18.2 Å². The normalized spacial score (nSPS) is 18.4. The fraction of sp³-hybridized carbons (Fsp3) is 0.667. The van der Waals surface area contributed by atoms with E-state index in [0.717, 1.165) is 18.7 Å². The zero-order valence-electron chi connectivity index (χ0n) is 13.7. The number of likely N-dealkylation sites (tertiary alicyclic amines) is 1. The molecular formula is C15H21F3N4O2. The summed E-state index contributed by atoms with van der Waals surface area (Å²) in [6, 6.07) is 0.398. The molecule has 1 aromatic heterocycles. The quantitative estimate of drug-likeness (QED) is 0.841. The van der Waals surface area contributed by atoms with Gasteiger partial charge < -0.3 is 14.5 Å². The number of halogens is 3. The molecule has 9 heteroatoms. The van der Waals surface area contributed by atoms with Crippen molar-refractivity contribution in [2.45, 2.75) is 39.0 Å². The molecule has 0 N–H and O–H groups in total. The Labute approximate surface area is 138 Å². The topological polar surface area (TPSA) is 58.6 Å². The Balaban J connectivity index is 2.02. The molecule has 0 aliphatic carbocycles. The van der Waals surface area contributed by atoms with E-state index in [9.17, 15) is 18.0 Å². The van der Waals surface area contributed by atoms with Gasteiger partial charge in [-0.05, 0) is 32.8 Å². The van der Waals surface area contributed by atoms with Crippen molar-refractivity contribution in [1.82, 2.24) is 19.8 Å². The van der Waals surface area contributed by atoms with Crippen molar-refractivity contribution in [2.75, 3.05) is 26.2 Å². The van der Waals surface area contributed by atoms with Crippen molar-refractivity contribution in [3.63, 3.8) is 0 Å². The van der Waals surface area contributed by atoms with Crippen LogP contribution in [0.4, 0.5) is 18.0 Å². The highest BCUT2D eigenvalue weighted by atomic mass is 19.4. The number of alkyl halides is 3. The first-order chi connectivity index (χ1) is 11.3. The molecule has 1 aromatic rings. The lowest BCUT2D eigenvalue weighted by molar-refractivity contribution is -0.141. The number of aromatic nitrogens is 2. The van der Waals surface area contributed by atoms with Crippen LogP contribution in [-0.2, 0) is 6.18 Å². The van der Waals surface area contributed by atoms with Crippen molar-refractivity contribution in [1.29, 1.82) is 0 Å². The first-order valence-corrected chi connectivity index (χ1v) is 7.95. The summed E-state index contributed by atoms with van der Waals surface area (Å²) >= 11 is 0. The van der Waals surface area contributed by atoms with E-state index in [1.165, 1.54) is 0 Å². The second-order valence-corrected chi connectivity index (χ2v) is 5.51. The Morgan fingerprint density at radius 1 is 1.42 bits per heavy atom. The Morgan fingerprint density at radius 2 is 2.12 bits per heavy atom. The van der Waals surface area contributed by atoms with Crippen LogP contribution in [0.2, 0.25) is 0 Å². The van der Waals surface area contributed by atoms with E-state index in [-0.39, 0.29) is 12.0 Å². The molecule has 2 rings (SSSR count). The van der Waals surface area contributed by atoms with Crippen LogP contribution in [0, 0.1) is 0 Å². The van der Waals surface area contributed by atoms with Gasteiger partial charge in [0.15, 0.2) is 5.69 Å². The molecule has 0 saturated carbocycles. The zero-order chi connectivity index (χ0) is 17.7. The second kappa shape index (κ2) is 7.67. The maximum atomic E-state index is 12.7. The van der Waals surface area contributed by atoms with Crippen molar-refractivity contribution in [3.8, 4) is 6.01 Å². The average Bonchev–Trinajstić information content (AvgIpc) is 2.55. The van der Waals surface area contributed by atoms with Crippen molar-refractivity contribution < 1.29 is 22.7 Å². The van der Waals surface area contributed by atoms with Gasteiger partial charge in [0.05, 0.1) is 6.54 Å². The first-order valence-electron chi connectivity index (χ1n) is 7.95. The molecule has 1 unspecified atom stereocenters. The average molecular weight is 346 g/mol. The Hall–Kier alpha value is -2.06. The van der Waals surface area contributed by atoms with E-state index in [4.69, 9.17) is 4.74 Å². The Bertz CT molecular complexity index is 564. The van der Waals surface area contributed by atoms with Gasteiger partial charge in [-0.15, -0.1) is 0 Å². The summed E-state index contributed by atoms with van der Waals surface area (Å²) in [7, 11) is 0. The lowest BCUT2D eigenvalue weighted by Gasteiger charge is -2.35. The second-order valence-electron chi connectivity index (χ2n) is 5.51. The van der Waals surface area contributed by atoms with Gasteiger partial charge >= 0.3 is 18.2 Å². The molecule has 1 aliphatic rings. The van der Waals surface area contributed by atoms with Gasteiger partial charge in [-0.3, -0.25) is 0 Å². The predicted octanol–water partition coefficient (Wildman–Crippen LogP) is 2.80. The van der Waals surface area contributed by atoms with Crippen LogP contribution in [0.3, 0.4) is 0 Å². The summed E-state index contributed by atoms with van der Waals surface area (Å²) in [6.07, 6.45) is -2.58. The molecule has 1 fully saturated rings. The number of ether oxygens (including phenoxy) is 1. The van der Waals surface area contributed by atoms with E-state index in [0.29, 0.717) is 32.6 Å². The SMILES string of the molecule is CCN(CC)C(=O)N1CCCC(Oc2nccc(C(F)(F)F)n2)C1. The van der Waals surface area contributed by atoms with Crippen LogP contribution in [0.25, 0.3) is 0 Å². The fourth-order valence-electron chi connectivity index (χ4n) is 2.61. The lowest BCUT2D eigenvalue weighted by Crippen LogP contribution is -2.50. The number of hydrogen-bond acceptors (Lipinski definition) is 4. The maximum Gasteiger partial charge on any atom is 0.433 e. The Kier molecular flexibility index (Phi) is 5.84. The van der Waals surface area contributed by atoms with Crippen molar-refractivity contribution in [3.05, 3.63) is 18.0 Å². The number of nitrogens with zero attached hydrogens (tertiary/aromatic N) is 4. The molecule has 1 saturated heterocycles. The van der Waals surface area contributed by atoms with Gasteiger partial charge in [0, 0.05) is 25.8 Å². The molecule has 1 atom stereocenters. The minimum absolute atomic E-state index is 0.0849. The number of carbonyl (C=O) groups is 1. The highest BCUT2D eigenvalue weighted by Crippen LogP contribution is 2.28. The molecule has 2 amide bonds. The summed E-state index contributed by atoms with van der Waals surface area (Å²) < 4.78 is 43.5. The molecule has 0 aromatic carbocycles. The van der Waals surface area contributed by atoms with Gasteiger partial charge in [-0.1, -0.05) is 0 Å². The maximum absolute atomic E-state index is 12.7. The molecule has 24 heavy (non-hydrogen) atoms. The largest absolute Gasteiger partial charge is 0.458 e. The third kappa shape index (κ3) is 4.48. The number of amides is 2. The minimum atomic E-state index is -4.54. The molecule has 134 valence electrons. The highest BCUT2D eigenvalue weighted by molar-refractivity contribution is 5.74. The number of carbonyl (C=O) groups excluding carboxylic acids is 1. The summed E-state index contributed by atoms with van der Waals surface area (Å²) in [5, 5.41) is 0. The van der Waals surface area contributed by atoms with Crippen LogP contribution in [-0.4, -0.2) is 58.1 Å². The van der Waals surface area contributed by atoms with Crippen LogP contribution < -0.4 is 4.74 Å². The first kappa shape index (κ1) is 18.3. The number of urea groups is 1. The van der Waals surface area contributed by atoms with Crippen LogP contribution in [0.1, 0.15) is 32.4 Å². The van der Waals surface area contributed by atoms with Gasteiger partial charge in [0.25, 0.3) is 0 Å². The molecule has 2 heterocycles. The number of hydrogen-bond donors (Lipinski definition) is 0. The van der Waals surface area contributed by atoms with E-state index >= 15 is 0 Å². The lowest BCUT2D eigenvalue weighted by atomic mass is 10.1. The van der Waals surface area contributed by atoms with Crippen LogP contribution in [0.5, 0.6) is 6.01 Å². The highest BCUT2D eigenvalue weighted by Gasteiger charge is 2.33. The monoisotopic (exact) mass is 346 g/mol. The minimum Gasteiger partial charge on any atom is -0.458 e. The summed E-state index contributed by atoms with van der Waals surface area (Å²) in [5.74, 6) is 0. The van der Waals surface area contributed by atoms with E-state index in [2.05, 4.69) is 9.97 Å². The third-order valence-electron chi connectivity index (χ3n) is 3.88. The number of piperidine rings is 1. The van der Waals surface area contributed by atoms with Crippen LogP contribution >= 0.6 is 0 Å². The van der Waals surface area contributed by atoms with Crippen molar-refractivity contribution >= 4 is 6.03 Å². The van der Waals surface area contributed by atoms with E-state index < -0.39 is 18.0 Å². The predicted molar refractivity (Wildman–Crippen MR) is 80.6 cm³/mol. The molecule has 0 bridgehead atoms. The van der Waals surface area contributed by atoms with Gasteiger partial charge in [0.1, 0.15) is 6.10 Å². The number of rotatable bonds is 4. The zero-order valence-corrected chi connectivity index (χ0v) is 13.7. The van der Waals surface area contributed by atoms with Crippen molar-refractivity contribution in [2.24, 2.45) is 0 Å². The Morgan fingerprint density at radius 3 is 2.75 bits per heavy atom. The smallest absolute Gasteiger partial charge is 0.433 e. The summed E-state index contributed by atoms with van der Waals surface area (Å²) in [5.41, 5.74) is -1.04. The molecule has 1 aliphatic heterocycles. The molecule has 0 radical (unpaired) electrons. The van der Waals surface area contributed by atoms with Gasteiger partial charge in [-0.25, -0.2) is 9.78 Å². The fourth-order valence-corrected chi connectivity index (χ4v) is 2.61. The summed E-state index contributed by atoms with van der Waals surface area (Å²) in [6.45, 7) is 5.93. The summed E-state index contributed by atoms with van der Waals surface area (Å²) in [4.78, 5) is 22.9. The van der Waals surface area contributed by atoms with Gasteiger partial charge in [0.2, 0.25) is 0 Å². The van der Waals surface area contributed by atoms with Crippen LogP contribution in [0.15, 0.2) is 12.3 Å². The molecule has 6 nitrogen and oxygen atoms in total.